The molecule has 0 aromatic heterocycles. The Hall–Kier alpha value is -1.79. The van der Waals surface area contributed by atoms with Crippen LogP contribution in [0.2, 0.25) is 0 Å². The van der Waals surface area contributed by atoms with Crippen LogP contribution in [0.5, 0.6) is 5.75 Å². The third-order valence-electron chi connectivity index (χ3n) is 4.99. The first-order valence-corrected chi connectivity index (χ1v) is 9.38. The molecule has 6 nitrogen and oxygen atoms in total. The molecule has 1 heterocycles. The first-order valence-electron chi connectivity index (χ1n) is 9.38. The lowest BCUT2D eigenvalue weighted by atomic mass is 9.95. The minimum Gasteiger partial charge on any atom is -0.497 e. The molecule has 0 spiro atoms. The van der Waals surface area contributed by atoms with Gasteiger partial charge in [-0.05, 0) is 50.3 Å². The van der Waals surface area contributed by atoms with Crippen LogP contribution in [0.1, 0.15) is 38.3 Å². The van der Waals surface area contributed by atoms with E-state index in [1.807, 2.05) is 43.0 Å². The molecule has 2 fully saturated rings. The quantitative estimate of drug-likeness (QED) is 0.758. The van der Waals surface area contributed by atoms with Gasteiger partial charge in [-0.3, -0.25) is 0 Å². The van der Waals surface area contributed by atoms with E-state index in [1.165, 1.54) is 12.8 Å². The number of nitrogens with one attached hydrogen (secondary N) is 1. The predicted octanol–water partition coefficient (Wildman–Crippen LogP) is 2.98. The van der Waals surface area contributed by atoms with Crippen LogP contribution < -0.4 is 10.1 Å². The number of hydrogen-bond acceptors (Lipinski definition) is 4. The summed E-state index contributed by atoms with van der Waals surface area (Å²) >= 11 is 0. The molecular weight excluding hydrogens is 332 g/mol. The van der Waals surface area contributed by atoms with Gasteiger partial charge in [0.2, 0.25) is 0 Å². The van der Waals surface area contributed by atoms with Crippen molar-refractivity contribution >= 4 is 6.03 Å². The fourth-order valence-corrected chi connectivity index (χ4v) is 3.32. The molecule has 1 saturated heterocycles. The first-order chi connectivity index (χ1) is 12.5. The van der Waals surface area contributed by atoms with Crippen LogP contribution in [0, 0.1) is 5.92 Å². The van der Waals surface area contributed by atoms with E-state index in [-0.39, 0.29) is 17.6 Å². The van der Waals surface area contributed by atoms with E-state index in [2.05, 4.69) is 5.32 Å². The van der Waals surface area contributed by atoms with Crippen LogP contribution in [0.4, 0.5) is 4.79 Å². The highest BCUT2D eigenvalue weighted by Gasteiger charge is 2.41. The van der Waals surface area contributed by atoms with Crippen molar-refractivity contribution in [3.8, 4) is 5.75 Å². The Bertz CT molecular complexity index is 598. The lowest BCUT2D eigenvalue weighted by Crippen LogP contribution is -2.59. The van der Waals surface area contributed by atoms with Crippen molar-refractivity contribution in [2.45, 2.75) is 38.3 Å². The third kappa shape index (κ3) is 4.68. The van der Waals surface area contributed by atoms with Gasteiger partial charge in [0, 0.05) is 13.2 Å². The topological polar surface area (TPSA) is 60.0 Å². The molecule has 2 amide bonds. The molecule has 2 aliphatic rings. The molecule has 26 heavy (non-hydrogen) atoms. The number of methoxy groups -OCH3 is 1. The number of hydrogen-bond donors (Lipinski definition) is 1. The van der Waals surface area contributed by atoms with Gasteiger partial charge in [-0.2, -0.15) is 0 Å². The largest absolute Gasteiger partial charge is 0.497 e. The van der Waals surface area contributed by atoms with Gasteiger partial charge in [0.1, 0.15) is 5.75 Å². The zero-order valence-corrected chi connectivity index (χ0v) is 16.0. The second-order valence-electron chi connectivity index (χ2n) is 7.74. The summed E-state index contributed by atoms with van der Waals surface area (Å²) < 4.78 is 16.6. The van der Waals surface area contributed by atoms with Crippen LogP contribution in [0.15, 0.2) is 24.3 Å². The van der Waals surface area contributed by atoms with Crippen LogP contribution in [0.25, 0.3) is 0 Å². The molecule has 1 saturated carbocycles. The zero-order valence-electron chi connectivity index (χ0n) is 16.0. The van der Waals surface area contributed by atoms with Crippen LogP contribution in [0.3, 0.4) is 0 Å². The van der Waals surface area contributed by atoms with Crippen LogP contribution in [-0.2, 0) is 9.47 Å². The van der Waals surface area contributed by atoms with Gasteiger partial charge in [0.05, 0.1) is 38.5 Å². The lowest BCUT2D eigenvalue weighted by Gasteiger charge is -2.47. The minimum atomic E-state index is -0.387. The highest BCUT2D eigenvalue weighted by Crippen LogP contribution is 2.34. The first kappa shape index (κ1) is 19.0. The molecule has 1 aromatic carbocycles. The smallest absolute Gasteiger partial charge is 0.318 e. The van der Waals surface area contributed by atoms with E-state index in [1.54, 1.807) is 7.11 Å². The number of carbonyl (C=O) groups excluding carboxylic acids is 1. The average molecular weight is 362 g/mol. The summed E-state index contributed by atoms with van der Waals surface area (Å²) in [5.74, 6) is 1.54. The number of morpholine rings is 1. The number of ether oxygens (including phenoxy) is 3. The molecule has 0 radical (unpaired) electrons. The Morgan fingerprint density at radius 2 is 2.04 bits per heavy atom. The van der Waals surface area contributed by atoms with E-state index in [0.29, 0.717) is 26.4 Å². The number of amides is 2. The summed E-state index contributed by atoms with van der Waals surface area (Å²) in [7, 11) is 1.65. The van der Waals surface area contributed by atoms with Crippen molar-refractivity contribution in [1.29, 1.82) is 0 Å². The van der Waals surface area contributed by atoms with Crippen molar-refractivity contribution in [1.82, 2.24) is 10.2 Å². The van der Waals surface area contributed by atoms with Gasteiger partial charge in [-0.15, -0.1) is 0 Å². The highest BCUT2D eigenvalue weighted by atomic mass is 16.5. The number of urea groups is 1. The van der Waals surface area contributed by atoms with Gasteiger partial charge in [0.15, 0.2) is 0 Å². The summed E-state index contributed by atoms with van der Waals surface area (Å²) in [5, 5.41) is 3.01. The van der Waals surface area contributed by atoms with E-state index < -0.39 is 0 Å². The fourth-order valence-electron chi connectivity index (χ4n) is 3.32. The lowest BCUT2D eigenvalue weighted by molar-refractivity contribution is -0.0658. The molecule has 1 atom stereocenters. The number of rotatable bonds is 7. The second kappa shape index (κ2) is 8.27. The van der Waals surface area contributed by atoms with Gasteiger partial charge < -0.3 is 24.4 Å². The normalized spacial score (nSPS) is 22.1. The fraction of sp³-hybridized carbons (Fsp3) is 0.650. The van der Waals surface area contributed by atoms with E-state index >= 15 is 0 Å². The molecule has 0 bridgehead atoms. The van der Waals surface area contributed by atoms with Gasteiger partial charge in [-0.1, -0.05) is 12.1 Å². The Morgan fingerprint density at radius 3 is 2.69 bits per heavy atom. The molecule has 1 unspecified atom stereocenters. The molecule has 6 heteroatoms. The Balaban J connectivity index is 1.63. The minimum absolute atomic E-state index is 0.0749. The predicted molar refractivity (Wildman–Crippen MR) is 99.4 cm³/mol. The van der Waals surface area contributed by atoms with Gasteiger partial charge in [0.25, 0.3) is 0 Å². The highest BCUT2D eigenvalue weighted by molar-refractivity contribution is 5.76. The summed E-state index contributed by atoms with van der Waals surface area (Å²) in [5.41, 5.74) is 0.653. The van der Waals surface area contributed by atoms with Crippen molar-refractivity contribution in [2.24, 2.45) is 5.92 Å². The van der Waals surface area contributed by atoms with E-state index in [4.69, 9.17) is 14.2 Å². The second-order valence-corrected chi connectivity index (χ2v) is 7.74. The molecular formula is C20H30N2O4. The summed E-state index contributed by atoms with van der Waals surface area (Å²) in [4.78, 5) is 14.8. The number of nitrogens with zero attached hydrogens (tertiary/aromatic N) is 1. The van der Waals surface area contributed by atoms with Gasteiger partial charge in [-0.25, -0.2) is 4.79 Å². The number of benzene rings is 1. The monoisotopic (exact) mass is 362 g/mol. The maximum Gasteiger partial charge on any atom is 0.318 e. The SMILES string of the molecule is COc1ccc(C2COCC(C)(C)N2C(=O)NCCOCC2CC2)cc1. The Labute approximate surface area is 155 Å². The van der Waals surface area contributed by atoms with Crippen molar-refractivity contribution in [3.05, 3.63) is 29.8 Å². The van der Waals surface area contributed by atoms with Crippen molar-refractivity contribution < 1.29 is 19.0 Å². The summed E-state index contributed by atoms with van der Waals surface area (Å²) in [6.07, 6.45) is 2.55. The molecule has 1 aromatic rings. The Kier molecular flexibility index (Phi) is 6.04. The van der Waals surface area contributed by atoms with Crippen molar-refractivity contribution in [3.63, 3.8) is 0 Å². The van der Waals surface area contributed by atoms with E-state index in [9.17, 15) is 4.79 Å². The molecule has 3 rings (SSSR count). The van der Waals surface area contributed by atoms with Gasteiger partial charge >= 0.3 is 6.03 Å². The molecule has 1 aliphatic heterocycles. The van der Waals surface area contributed by atoms with E-state index in [0.717, 1.165) is 23.8 Å². The Morgan fingerprint density at radius 1 is 1.31 bits per heavy atom. The summed E-state index contributed by atoms with van der Waals surface area (Å²) in [6, 6.07) is 7.61. The number of carbonyl (C=O) groups is 1. The van der Waals surface area contributed by atoms with Crippen LogP contribution >= 0.6 is 0 Å². The maximum atomic E-state index is 12.9. The third-order valence-corrected chi connectivity index (χ3v) is 4.99. The van der Waals surface area contributed by atoms with Crippen molar-refractivity contribution in [2.75, 3.05) is 40.1 Å². The molecule has 1 N–H and O–H groups in total. The maximum absolute atomic E-state index is 12.9. The zero-order chi connectivity index (χ0) is 18.6. The molecule has 144 valence electrons. The van der Waals surface area contributed by atoms with Crippen LogP contribution in [-0.4, -0.2) is 56.6 Å². The standard InChI is InChI=1S/C20H30N2O4/c1-20(2)14-26-13-18(16-6-8-17(24-3)9-7-16)22(20)19(23)21-10-11-25-12-15-4-5-15/h6-9,15,18H,4-5,10-14H2,1-3H3,(H,21,23). The summed E-state index contributed by atoms with van der Waals surface area (Å²) in [6.45, 7) is 6.96. The molecule has 1 aliphatic carbocycles. The average Bonchev–Trinajstić information content (AvgIpc) is 3.44.